The maximum atomic E-state index is 5.76. The Morgan fingerprint density at radius 1 is 1.08 bits per heavy atom. The fourth-order valence-electron chi connectivity index (χ4n) is 2.12. The van der Waals surface area contributed by atoms with Gasteiger partial charge in [0.1, 0.15) is 6.23 Å². The van der Waals surface area contributed by atoms with E-state index in [1.54, 1.807) is 0 Å². The molecule has 13 heavy (non-hydrogen) atoms. The van der Waals surface area contributed by atoms with Gasteiger partial charge in [-0.3, -0.25) is 4.90 Å². The summed E-state index contributed by atoms with van der Waals surface area (Å²) in [5.41, 5.74) is 0. The van der Waals surface area contributed by atoms with Crippen molar-refractivity contribution >= 4 is 0 Å². The topological polar surface area (TPSA) is 15.7 Å². The van der Waals surface area contributed by atoms with Crippen LogP contribution in [0.15, 0.2) is 0 Å². The van der Waals surface area contributed by atoms with Crippen molar-refractivity contribution in [1.29, 1.82) is 0 Å². The zero-order valence-electron chi connectivity index (χ0n) is 8.54. The van der Waals surface area contributed by atoms with Crippen molar-refractivity contribution in [3.05, 3.63) is 0 Å². The van der Waals surface area contributed by atoms with Gasteiger partial charge in [-0.05, 0) is 26.3 Å². The van der Waals surface area contributed by atoms with Crippen LogP contribution in [0.4, 0.5) is 0 Å². The highest BCUT2D eigenvalue weighted by molar-refractivity contribution is 4.73. The van der Waals surface area contributed by atoms with E-state index in [1.807, 2.05) is 0 Å². The molecule has 0 amide bonds. The average Bonchev–Trinajstić information content (AvgIpc) is 2.20. The number of hydrogen-bond donors (Lipinski definition) is 0. The van der Waals surface area contributed by atoms with Gasteiger partial charge < -0.3 is 9.64 Å². The van der Waals surface area contributed by atoms with Gasteiger partial charge in [0.15, 0.2) is 0 Å². The molecule has 2 aliphatic heterocycles. The third-order valence-electron chi connectivity index (χ3n) is 3.10. The van der Waals surface area contributed by atoms with Crippen LogP contribution in [0, 0.1) is 0 Å². The van der Waals surface area contributed by atoms with Crippen LogP contribution in [0.5, 0.6) is 0 Å². The minimum Gasteiger partial charge on any atom is -0.363 e. The molecular weight excluding hydrogens is 164 g/mol. The molecule has 2 saturated heterocycles. The third-order valence-corrected chi connectivity index (χ3v) is 3.10. The van der Waals surface area contributed by atoms with Gasteiger partial charge in [0.25, 0.3) is 0 Å². The van der Waals surface area contributed by atoms with Crippen LogP contribution < -0.4 is 0 Å². The lowest BCUT2D eigenvalue weighted by atomic mass is 10.1. The highest BCUT2D eigenvalue weighted by Gasteiger charge is 2.24. The van der Waals surface area contributed by atoms with E-state index in [0.29, 0.717) is 6.23 Å². The van der Waals surface area contributed by atoms with Gasteiger partial charge in [-0.1, -0.05) is 0 Å². The number of likely N-dealkylation sites (N-methyl/N-ethyl adjacent to an activating group) is 1. The van der Waals surface area contributed by atoms with Gasteiger partial charge in [-0.15, -0.1) is 0 Å². The second-order valence-electron chi connectivity index (χ2n) is 4.16. The summed E-state index contributed by atoms with van der Waals surface area (Å²) in [4.78, 5) is 4.89. The van der Waals surface area contributed by atoms with Crippen molar-refractivity contribution in [2.45, 2.75) is 25.5 Å². The molecule has 0 aromatic carbocycles. The van der Waals surface area contributed by atoms with E-state index >= 15 is 0 Å². The largest absolute Gasteiger partial charge is 0.363 e. The molecule has 0 unspecified atom stereocenters. The molecule has 0 N–H and O–H groups in total. The third kappa shape index (κ3) is 2.42. The molecule has 0 radical (unpaired) electrons. The molecule has 0 bridgehead atoms. The number of ether oxygens (including phenoxy) is 1. The first-order chi connectivity index (χ1) is 6.36. The van der Waals surface area contributed by atoms with Crippen molar-refractivity contribution in [3.8, 4) is 0 Å². The van der Waals surface area contributed by atoms with E-state index in [2.05, 4.69) is 16.8 Å². The summed E-state index contributed by atoms with van der Waals surface area (Å²) in [6.07, 6.45) is 4.27. The summed E-state index contributed by atoms with van der Waals surface area (Å²) in [5, 5.41) is 0. The molecule has 2 aliphatic rings. The molecule has 1 atom stereocenters. The Bertz CT molecular complexity index is 149. The summed E-state index contributed by atoms with van der Waals surface area (Å²) >= 11 is 0. The minimum atomic E-state index is 0.433. The Balaban J connectivity index is 1.79. The Kier molecular flexibility index (Phi) is 3.19. The Labute approximate surface area is 80.6 Å². The molecule has 76 valence electrons. The minimum absolute atomic E-state index is 0.433. The summed E-state index contributed by atoms with van der Waals surface area (Å²) < 4.78 is 5.76. The first kappa shape index (κ1) is 9.44. The van der Waals surface area contributed by atoms with Crippen LogP contribution in [-0.2, 0) is 4.74 Å². The Hall–Kier alpha value is -0.120. The first-order valence-corrected chi connectivity index (χ1v) is 5.40. The van der Waals surface area contributed by atoms with Crippen molar-refractivity contribution in [2.75, 3.05) is 39.8 Å². The van der Waals surface area contributed by atoms with E-state index in [0.717, 1.165) is 6.61 Å². The normalized spacial score (nSPS) is 33.5. The second-order valence-corrected chi connectivity index (χ2v) is 4.16. The molecule has 2 heterocycles. The molecule has 2 rings (SSSR count). The predicted octanol–water partition coefficient (Wildman–Crippen LogP) is 0.760. The standard InChI is InChI=1S/C10H20N2O/c1-11-5-7-12(8-6-11)10-4-2-3-9-13-10/h10H,2-9H2,1H3/t10-/m0/s1. The van der Waals surface area contributed by atoms with Crippen molar-refractivity contribution < 1.29 is 4.74 Å². The zero-order valence-corrected chi connectivity index (χ0v) is 8.54. The predicted molar refractivity (Wildman–Crippen MR) is 52.7 cm³/mol. The number of nitrogens with zero attached hydrogens (tertiary/aromatic N) is 2. The van der Waals surface area contributed by atoms with Crippen LogP contribution in [0.25, 0.3) is 0 Å². The van der Waals surface area contributed by atoms with Crippen LogP contribution >= 0.6 is 0 Å². The molecular formula is C10H20N2O. The van der Waals surface area contributed by atoms with Crippen LogP contribution in [-0.4, -0.2) is 55.9 Å². The van der Waals surface area contributed by atoms with E-state index < -0.39 is 0 Å². The van der Waals surface area contributed by atoms with Gasteiger partial charge in [0, 0.05) is 32.8 Å². The van der Waals surface area contributed by atoms with E-state index in [1.165, 1.54) is 45.4 Å². The lowest BCUT2D eigenvalue weighted by Gasteiger charge is -2.39. The van der Waals surface area contributed by atoms with Crippen LogP contribution in [0.1, 0.15) is 19.3 Å². The van der Waals surface area contributed by atoms with Gasteiger partial charge in [0.2, 0.25) is 0 Å². The molecule has 3 heteroatoms. The van der Waals surface area contributed by atoms with Gasteiger partial charge in [-0.25, -0.2) is 0 Å². The molecule has 3 nitrogen and oxygen atoms in total. The lowest BCUT2D eigenvalue weighted by molar-refractivity contribution is -0.0973. The summed E-state index contributed by atoms with van der Waals surface area (Å²) in [6.45, 7) is 5.72. The lowest BCUT2D eigenvalue weighted by Crippen LogP contribution is -2.50. The Morgan fingerprint density at radius 3 is 2.46 bits per heavy atom. The molecule has 2 fully saturated rings. The smallest absolute Gasteiger partial charge is 0.110 e. The number of rotatable bonds is 1. The van der Waals surface area contributed by atoms with Gasteiger partial charge in [0.05, 0.1) is 0 Å². The number of piperazine rings is 1. The second kappa shape index (κ2) is 4.40. The molecule has 0 aromatic heterocycles. The number of hydrogen-bond acceptors (Lipinski definition) is 3. The van der Waals surface area contributed by atoms with Crippen molar-refractivity contribution in [1.82, 2.24) is 9.80 Å². The maximum Gasteiger partial charge on any atom is 0.110 e. The molecule has 0 aliphatic carbocycles. The van der Waals surface area contributed by atoms with Crippen molar-refractivity contribution in [2.24, 2.45) is 0 Å². The zero-order chi connectivity index (χ0) is 9.10. The monoisotopic (exact) mass is 184 g/mol. The highest BCUT2D eigenvalue weighted by atomic mass is 16.5. The quantitative estimate of drug-likeness (QED) is 0.598. The molecule has 0 spiro atoms. The fraction of sp³-hybridized carbons (Fsp3) is 1.00. The van der Waals surface area contributed by atoms with Gasteiger partial charge >= 0.3 is 0 Å². The fourth-order valence-corrected chi connectivity index (χ4v) is 2.12. The molecule has 0 saturated carbocycles. The van der Waals surface area contributed by atoms with E-state index in [-0.39, 0.29) is 0 Å². The first-order valence-electron chi connectivity index (χ1n) is 5.40. The van der Waals surface area contributed by atoms with Gasteiger partial charge in [-0.2, -0.15) is 0 Å². The summed E-state index contributed by atoms with van der Waals surface area (Å²) in [7, 11) is 2.19. The van der Waals surface area contributed by atoms with Crippen molar-refractivity contribution in [3.63, 3.8) is 0 Å². The SMILES string of the molecule is CN1CCN([C@@H]2CCCCO2)CC1. The Morgan fingerprint density at radius 2 is 1.85 bits per heavy atom. The average molecular weight is 184 g/mol. The highest BCUT2D eigenvalue weighted by Crippen LogP contribution is 2.17. The van der Waals surface area contributed by atoms with Crippen LogP contribution in [0.3, 0.4) is 0 Å². The van der Waals surface area contributed by atoms with Crippen LogP contribution in [0.2, 0.25) is 0 Å². The summed E-state index contributed by atoms with van der Waals surface area (Å²) in [5.74, 6) is 0. The van der Waals surface area contributed by atoms with E-state index in [4.69, 9.17) is 4.74 Å². The van der Waals surface area contributed by atoms with E-state index in [9.17, 15) is 0 Å². The molecule has 0 aromatic rings. The summed E-state index contributed by atoms with van der Waals surface area (Å²) in [6, 6.07) is 0. The maximum absolute atomic E-state index is 5.76.